The van der Waals surface area contributed by atoms with Gasteiger partial charge in [0.05, 0.1) is 0 Å². The summed E-state index contributed by atoms with van der Waals surface area (Å²) in [6.45, 7) is 8.85. The summed E-state index contributed by atoms with van der Waals surface area (Å²) in [5.41, 5.74) is 0. The van der Waals surface area contributed by atoms with E-state index in [2.05, 4.69) is 27.7 Å². The molecule has 266 valence electrons. The smallest absolute Gasteiger partial charge is 0.306 e. The number of esters is 3. The zero-order valence-electron chi connectivity index (χ0n) is 30.3. The maximum Gasteiger partial charge on any atom is 0.306 e. The second-order valence-electron chi connectivity index (χ2n) is 13.7. The number of hydrogen-bond donors (Lipinski definition) is 0. The summed E-state index contributed by atoms with van der Waals surface area (Å²) in [5, 5.41) is 0. The Hall–Kier alpha value is -1.59. The molecule has 0 saturated heterocycles. The Balaban J connectivity index is 4.21. The fourth-order valence-electron chi connectivity index (χ4n) is 5.57. The van der Waals surface area contributed by atoms with Gasteiger partial charge in [-0.25, -0.2) is 0 Å². The lowest BCUT2D eigenvalue weighted by Crippen LogP contribution is -2.30. The van der Waals surface area contributed by atoms with Crippen LogP contribution in [0.2, 0.25) is 0 Å². The van der Waals surface area contributed by atoms with Crippen molar-refractivity contribution in [1.29, 1.82) is 0 Å². The van der Waals surface area contributed by atoms with Crippen molar-refractivity contribution in [3.63, 3.8) is 0 Å². The lowest BCUT2D eigenvalue weighted by molar-refractivity contribution is -0.167. The normalized spacial score (nSPS) is 11.9. The molecule has 0 aliphatic heterocycles. The molecule has 0 spiro atoms. The van der Waals surface area contributed by atoms with Gasteiger partial charge in [0, 0.05) is 19.3 Å². The third kappa shape index (κ3) is 33.6. The van der Waals surface area contributed by atoms with Crippen molar-refractivity contribution < 1.29 is 28.6 Å². The van der Waals surface area contributed by atoms with E-state index < -0.39 is 6.10 Å². The summed E-state index contributed by atoms with van der Waals surface area (Å²) in [6, 6.07) is 0. The average molecular weight is 639 g/mol. The molecule has 0 bridgehead atoms. The van der Waals surface area contributed by atoms with Crippen LogP contribution in [0.4, 0.5) is 0 Å². The Morgan fingerprint density at radius 2 is 0.733 bits per heavy atom. The number of carbonyl (C=O) groups is 3. The van der Waals surface area contributed by atoms with Gasteiger partial charge in [0.1, 0.15) is 13.2 Å². The van der Waals surface area contributed by atoms with Gasteiger partial charge in [-0.05, 0) is 25.2 Å². The highest BCUT2D eigenvalue weighted by Gasteiger charge is 2.19. The molecule has 1 atom stereocenters. The van der Waals surface area contributed by atoms with Crippen molar-refractivity contribution in [2.75, 3.05) is 13.2 Å². The maximum absolute atomic E-state index is 12.4. The predicted octanol–water partition coefficient (Wildman–Crippen LogP) is 11.6. The van der Waals surface area contributed by atoms with E-state index in [1.165, 1.54) is 96.3 Å². The van der Waals surface area contributed by atoms with Crippen molar-refractivity contribution >= 4 is 17.9 Å². The molecule has 0 heterocycles. The summed E-state index contributed by atoms with van der Waals surface area (Å²) in [6.07, 6.45) is 29.8. The van der Waals surface area contributed by atoms with Crippen LogP contribution in [0, 0.1) is 5.92 Å². The number of unbranched alkanes of at least 4 members (excludes halogenated alkanes) is 21. The first kappa shape index (κ1) is 43.4. The van der Waals surface area contributed by atoms with Crippen LogP contribution in [0.1, 0.15) is 207 Å². The van der Waals surface area contributed by atoms with Gasteiger partial charge in [0.25, 0.3) is 0 Å². The van der Waals surface area contributed by atoms with E-state index >= 15 is 0 Å². The monoisotopic (exact) mass is 639 g/mol. The third-order valence-electron chi connectivity index (χ3n) is 8.54. The van der Waals surface area contributed by atoms with Crippen LogP contribution in [-0.2, 0) is 28.6 Å². The minimum Gasteiger partial charge on any atom is -0.462 e. The largest absolute Gasteiger partial charge is 0.462 e. The highest BCUT2D eigenvalue weighted by molar-refractivity contribution is 5.71. The summed E-state index contributed by atoms with van der Waals surface area (Å²) in [5.74, 6) is -0.0629. The van der Waals surface area contributed by atoms with E-state index in [1.54, 1.807) is 0 Å². The van der Waals surface area contributed by atoms with E-state index in [-0.39, 0.29) is 31.1 Å². The molecule has 0 N–H and O–H groups in total. The number of hydrogen-bond acceptors (Lipinski definition) is 6. The van der Waals surface area contributed by atoms with Crippen LogP contribution in [0.3, 0.4) is 0 Å². The fraction of sp³-hybridized carbons (Fsp3) is 0.923. The summed E-state index contributed by atoms with van der Waals surface area (Å²) in [7, 11) is 0. The van der Waals surface area contributed by atoms with Crippen LogP contribution >= 0.6 is 0 Å². The third-order valence-corrected chi connectivity index (χ3v) is 8.54. The van der Waals surface area contributed by atoms with Gasteiger partial charge >= 0.3 is 17.9 Å². The fourth-order valence-corrected chi connectivity index (χ4v) is 5.57. The highest BCUT2D eigenvalue weighted by Crippen LogP contribution is 2.15. The van der Waals surface area contributed by atoms with Gasteiger partial charge in [-0.15, -0.1) is 0 Å². The molecule has 0 aromatic carbocycles. The Morgan fingerprint density at radius 1 is 0.422 bits per heavy atom. The molecule has 0 rings (SSSR count). The zero-order valence-corrected chi connectivity index (χ0v) is 30.3. The Morgan fingerprint density at radius 3 is 1.09 bits per heavy atom. The quantitative estimate of drug-likeness (QED) is 0.0396. The topological polar surface area (TPSA) is 78.9 Å². The average Bonchev–Trinajstić information content (AvgIpc) is 3.01. The van der Waals surface area contributed by atoms with Crippen molar-refractivity contribution in [3.8, 4) is 0 Å². The van der Waals surface area contributed by atoms with Gasteiger partial charge in [-0.2, -0.15) is 0 Å². The standard InChI is InChI=1S/C39H74O6/c1-5-7-9-11-12-15-19-23-26-30-37(40)43-33-36(45-39(42)32-28-21-10-8-6-2)34-44-38(41)31-27-24-20-17-14-13-16-18-22-25-29-35(3)4/h35-36H,5-34H2,1-4H3/t36-/m1/s1. The molecule has 0 radical (unpaired) electrons. The van der Waals surface area contributed by atoms with E-state index in [4.69, 9.17) is 14.2 Å². The van der Waals surface area contributed by atoms with Gasteiger partial charge in [-0.3, -0.25) is 14.4 Å². The van der Waals surface area contributed by atoms with E-state index in [1.807, 2.05) is 0 Å². The van der Waals surface area contributed by atoms with Gasteiger partial charge in [-0.1, -0.05) is 169 Å². The molecule has 0 unspecified atom stereocenters. The molecule has 0 aromatic heterocycles. The minimum absolute atomic E-state index is 0.0666. The van der Waals surface area contributed by atoms with Crippen molar-refractivity contribution in [2.45, 2.75) is 214 Å². The van der Waals surface area contributed by atoms with Crippen LogP contribution < -0.4 is 0 Å². The molecule has 45 heavy (non-hydrogen) atoms. The summed E-state index contributed by atoms with van der Waals surface area (Å²) < 4.78 is 16.5. The molecular weight excluding hydrogens is 564 g/mol. The highest BCUT2D eigenvalue weighted by atomic mass is 16.6. The molecule has 6 heteroatoms. The molecule has 0 fully saturated rings. The number of ether oxygens (including phenoxy) is 3. The maximum atomic E-state index is 12.4. The lowest BCUT2D eigenvalue weighted by Gasteiger charge is -2.18. The first-order valence-electron chi connectivity index (χ1n) is 19.4. The first-order chi connectivity index (χ1) is 21.9. The second kappa shape index (κ2) is 33.8. The predicted molar refractivity (Wildman–Crippen MR) is 187 cm³/mol. The Labute approximate surface area is 278 Å². The van der Waals surface area contributed by atoms with Crippen LogP contribution in [-0.4, -0.2) is 37.2 Å². The molecule has 0 aromatic rings. The molecule has 0 amide bonds. The summed E-state index contributed by atoms with van der Waals surface area (Å²) in [4.78, 5) is 37.1. The van der Waals surface area contributed by atoms with Crippen LogP contribution in [0.5, 0.6) is 0 Å². The molecule has 0 aliphatic rings. The molecular formula is C39H74O6. The zero-order chi connectivity index (χ0) is 33.2. The molecule has 6 nitrogen and oxygen atoms in total. The van der Waals surface area contributed by atoms with Crippen LogP contribution in [0.15, 0.2) is 0 Å². The van der Waals surface area contributed by atoms with Gasteiger partial charge < -0.3 is 14.2 Å². The van der Waals surface area contributed by atoms with Crippen molar-refractivity contribution in [3.05, 3.63) is 0 Å². The number of rotatable bonds is 34. The Bertz CT molecular complexity index is 676. The Kier molecular flexibility index (Phi) is 32.6. The van der Waals surface area contributed by atoms with Crippen molar-refractivity contribution in [2.24, 2.45) is 5.92 Å². The second-order valence-corrected chi connectivity index (χ2v) is 13.7. The molecule has 0 aliphatic carbocycles. The summed E-state index contributed by atoms with van der Waals surface area (Å²) >= 11 is 0. The SMILES string of the molecule is CCCCCCCCCCCC(=O)OC[C@H](COC(=O)CCCCCCCCCCCCC(C)C)OC(=O)CCCCCCC. The van der Waals surface area contributed by atoms with E-state index in [0.29, 0.717) is 19.3 Å². The van der Waals surface area contributed by atoms with E-state index in [0.717, 1.165) is 70.1 Å². The minimum atomic E-state index is -0.755. The molecule has 0 saturated carbocycles. The van der Waals surface area contributed by atoms with Crippen molar-refractivity contribution in [1.82, 2.24) is 0 Å². The number of carbonyl (C=O) groups excluding carboxylic acids is 3. The first-order valence-corrected chi connectivity index (χ1v) is 19.4. The lowest BCUT2D eigenvalue weighted by atomic mass is 10.0. The van der Waals surface area contributed by atoms with Crippen LogP contribution in [0.25, 0.3) is 0 Å². The van der Waals surface area contributed by atoms with Gasteiger partial charge in [0.2, 0.25) is 0 Å². The van der Waals surface area contributed by atoms with E-state index in [9.17, 15) is 14.4 Å². The van der Waals surface area contributed by atoms with Gasteiger partial charge in [0.15, 0.2) is 6.10 Å².